The molecule has 0 spiro atoms. The van der Waals surface area contributed by atoms with Gasteiger partial charge in [-0.1, -0.05) is 44.2 Å². The van der Waals surface area contributed by atoms with Crippen molar-refractivity contribution in [3.8, 4) is 16.9 Å². The molecule has 0 unspecified atom stereocenters. The molecule has 0 fully saturated rings. The highest BCUT2D eigenvalue weighted by atomic mass is 19.1. The van der Waals surface area contributed by atoms with Gasteiger partial charge in [-0.2, -0.15) is 0 Å². The number of aromatic nitrogens is 1. The van der Waals surface area contributed by atoms with Crippen LogP contribution in [0.2, 0.25) is 0 Å². The van der Waals surface area contributed by atoms with E-state index < -0.39 is 0 Å². The predicted molar refractivity (Wildman–Crippen MR) is 97.6 cm³/mol. The number of Topliss-reactive ketones (excluding diaryl/α,β-unsaturated/α-hetero) is 1. The van der Waals surface area contributed by atoms with Crippen molar-refractivity contribution < 1.29 is 9.18 Å². The van der Waals surface area contributed by atoms with Gasteiger partial charge in [-0.3, -0.25) is 4.79 Å². The molecular weight excluding hydrogens is 313 g/mol. The second kappa shape index (κ2) is 5.69. The first-order valence-electron chi connectivity index (χ1n) is 8.54. The molecule has 0 aliphatic heterocycles. The second-order valence-electron chi connectivity index (χ2n) is 7.51. The Bertz CT molecular complexity index is 936. The fraction of sp³-hybridized carbons (Fsp3) is 0.227. The highest BCUT2D eigenvalue weighted by Gasteiger charge is 2.34. The number of carbonyl (C=O) groups excluding carboxylic acids is 1. The third kappa shape index (κ3) is 2.80. The minimum absolute atomic E-state index is 0.0752. The van der Waals surface area contributed by atoms with E-state index in [4.69, 9.17) is 0 Å². The molecule has 0 amide bonds. The number of rotatable bonds is 2. The lowest BCUT2D eigenvalue weighted by Gasteiger charge is -2.30. The lowest BCUT2D eigenvalue weighted by Crippen LogP contribution is -2.27. The maximum absolute atomic E-state index is 13.4. The van der Waals surface area contributed by atoms with Crippen molar-refractivity contribution in [1.82, 2.24) is 4.57 Å². The molecule has 126 valence electrons. The molecule has 1 heterocycles. The molecule has 0 N–H and O–H groups in total. The quantitative estimate of drug-likeness (QED) is 0.612. The van der Waals surface area contributed by atoms with Gasteiger partial charge in [0, 0.05) is 23.4 Å². The highest BCUT2D eigenvalue weighted by molar-refractivity contribution is 6.00. The monoisotopic (exact) mass is 333 g/mol. The van der Waals surface area contributed by atoms with Crippen molar-refractivity contribution in [2.24, 2.45) is 5.41 Å². The molecular formula is C22H20FNO. The smallest absolute Gasteiger partial charge is 0.165 e. The Kier molecular flexibility index (Phi) is 3.60. The van der Waals surface area contributed by atoms with Gasteiger partial charge >= 0.3 is 0 Å². The van der Waals surface area contributed by atoms with Crippen molar-refractivity contribution in [3.63, 3.8) is 0 Å². The van der Waals surface area contributed by atoms with Gasteiger partial charge in [-0.25, -0.2) is 4.39 Å². The summed E-state index contributed by atoms with van der Waals surface area (Å²) in [4.78, 5) is 12.7. The SMILES string of the molecule is CC1(C)CC(=O)c2cc(-c3ccccc3)n(-c3ccc(F)cc3)c2C1. The van der Waals surface area contributed by atoms with E-state index in [0.29, 0.717) is 6.42 Å². The fourth-order valence-corrected chi connectivity index (χ4v) is 3.72. The number of hydrogen-bond acceptors (Lipinski definition) is 1. The first kappa shape index (κ1) is 15.8. The van der Waals surface area contributed by atoms with Gasteiger partial charge in [-0.05, 0) is 47.7 Å². The van der Waals surface area contributed by atoms with E-state index in [1.165, 1.54) is 12.1 Å². The van der Waals surface area contributed by atoms with E-state index >= 15 is 0 Å². The van der Waals surface area contributed by atoms with Gasteiger partial charge in [0.25, 0.3) is 0 Å². The van der Waals surface area contributed by atoms with Crippen LogP contribution in [-0.2, 0) is 6.42 Å². The molecule has 0 bridgehead atoms. The molecule has 2 nitrogen and oxygen atoms in total. The van der Waals surface area contributed by atoms with Crippen LogP contribution in [0.15, 0.2) is 60.7 Å². The topological polar surface area (TPSA) is 22.0 Å². The molecule has 25 heavy (non-hydrogen) atoms. The molecule has 0 saturated carbocycles. The Morgan fingerprint density at radius 1 is 0.960 bits per heavy atom. The van der Waals surface area contributed by atoms with Gasteiger partial charge in [-0.15, -0.1) is 0 Å². The molecule has 4 rings (SSSR count). The van der Waals surface area contributed by atoms with Crippen LogP contribution in [0.1, 0.15) is 36.3 Å². The molecule has 1 aliphatic carbocycles. The standard InChI is InChI=1S/C22H20FNO/c1-22(2)13-20-18(21(25)14-22)12-19(15-6-4-3-5-7-15)24(20)17-10-8-16(23)9-11-17/h3-12H,13-14H2,1-2H3. The normalized spacial score (nSPS) is 15.9. The van der Waals surface area contributed by atoms with Crippen molar-refractivity contribution in [2.75, 3.05) is 0 Å². The molecule has 1 aliphatic rings. The summed E-state index contributed by atoms with van der Waals surface area (Å²) in [5.74, 6) is -0.0771. The average Bonchev–Trinajstić information content (AvgIpc) is 2.95. The van der Waals surface area contributed by atoms with Crippen LogP contribution in [-0.4, -0.2) is 10.4 Å². The number of hydrogen-bond donors (Lipinski definition) is 0. The van der Waals surface area contributed by atoms with E-state index in [1.54, 1.807) is 12.1 Å². The lowest BCUT2D eigenvalue weighted by molar-refractivity contribution is 0.0911. The zero-order valence-corrected chi connectivity index (χ0v) is 14.4. The molecule has 2 aromatic carbocycles. The van der Waals surface area contributed by atoms with Crippen molar-refractivity contribution in [3.05, 3.63) is 77.7 Å². The first-order chi connectivity index (χ1) is 11.9. The maximum atomic E-state index is 13.4. The van der Waals surface area contributed by atoms with Gasteiger partial charge in [0.2, 0.25) is 0 Å². The van der Waals surface area contributed by atoms with E-state index in [-0.39, 0.29) is 17.0 Å². The minimum atomic E-state index is -0.262. The van der Waals surface area contributed by atoms with E-state index in [2.05, 4.69) is 18.4 Å². The highest BCUT2D eigenvalue weighted by Crippen LogP contribution is 2.40. The van der Waals surface area contributed by atoms with Crippen molar-refractivity contribution in [2.45, 2.75) is 26.7 Å². The van der Waals surface area contributed by atoms with Crippen molar-refractivity contribution >= 4 is 5.78 Å². The Morgan fingerprint density at radius 3 is 2.32 bits per heavy atom. The zero-order valence-electron chi connectivity index (χ0n) is 14.4. The van der Waals surface area contributed by atoms with E-state index in [9.17, 15) is 9.18 Å². The van der Waals surface area contributed by atoms with Crippen LogP contribution in [0.5, 0.6) is 0 Å². The number of fused-ring (bicyclic) bond motifs is 1. The van der Waals surface area contributed by atoms with E-state index in [1.807, 2.05) is 36.4 Å². The van der Waals surface area contributed by atoms with Crippen LogP contribution < -0.4 is 0 Å². The first-order valence-corrected chi connectivity index (χ1v) is 8.54. The maximum Gasteiger partial charge on any atom is 0.165 e. The lowest BCUT2D eigenvalue weighted by atomic mass is 9.76. The minimum Gasteiger partial charge on any atom is -0.313 e. The zero-order chi connectivity index (χ0) is 17.6. The summed E-state index contributed by atoms with van der Waals surface area (Å²) >= 11 is 0. The van der Waals surface area contributed by atoms with Crippen LogP contribution in [0.25, 0.3) is 16.9 Å². The number of halogens is 1. The Labute approximate surface area is 146 Å². The van der Waals surface area contributed by atoms with Crippen LogP contribution in [0.4, 0.5) is 4.39 Å². The van der Waals surface area contributed by atoms with Gasteiger partial charge in [0.05, 0.1) is 5.69 Å². The summed E-state index contributed by atoms with van der Waals surface area (Å²) in [6.45, 7) is 4.25. The summed E-state index contributed by atoms with van der Waals surface area (Å²) in [6, 6.07) is 18.5. The van der Waals surface area contributed by atoms with E-state index in [0.717, 1.165) is 34.6 Å². The Morgan fingerprint density at radius 2 is 1.64 bits per heavy atom. The number of ketones is 1. The average molecular weight is 333 g/mol. The van der Waals surface area contributed by atoms with Crippen LogP contribution >= 0.6 is 0 Å². The molecule has 3 aromatic rings. The van der Waals surface area contributed by atoms with Gasteiger partial charge < -0.3 is 4.57 Å². The third-order valence-electron chi connectivity index (χ3n) is 4.84. The van der Waals surface area contributed by atoms with Gasteiger partial charge in [0.15, 0.2) is 5.78 Å². The summed E-state index contributed by atoms with van der Waals surface area (Å²) < 4.78 is 15.5. The molecule has 0 atom stereocenters. The van der Waals surface area contributed by atoms with Crippen LogP contribution in [0.3, 0.4) is 0 Å². The van der Waals surface area contributed by atoms with Crippen LogP contribution in [0, 0.1) is 11.2 Å². The number of nitrogens with zero attached hydrogens (tertiary/aromatic N) is 1. The third-order valence-corrected chi connectivity index (χ3v) is 4.84. The number of carbonyl (C=O) groups is 1. The van der Waals surface area contributed by atoms with Crippen molar-refractivity contribution in [1.29, 1.82) is 0 Å². The molecule has 1 aromatic heterocycles. The molecule has 3 heteroatoms. The molecule has 0 saturated heterocycles. The summed E-state index contributed by atoms with van der Waals surface area (Å²) in [7, 11) is 0. The summed E-state index contributed by atoms with van der Waals surface area (Å²) in [5.41, 5.74) is 4.64. The Balaban J connectivity index is 1.99. The largest absolute Gasteiger partial charge is 0.313 e. The summed E-state index contributed by atoms with van der Waals surface area (Å²) in [6.07, 6.45) is 1.37. The fourth-order valence-electron chi connectivity index (χ4n) is 3.72. The van der Waals surface area contributed by atoms with Gasteiger partial charge in [0.1, 0.15) is 5.82 Å². The molecule has 0 radical (unpaired) electrons. The Hall–Kier alpha value is -2.68. The summed E-state index contributed by atoms with van der Waals surface area (Å²) in [5, 5.41) is 0. The predicted octanol–water partition coefficient (Wildman–Crippen LogP) is 5.44. The second-order valence-corrected chi connectivity index (χ2v) is 7.51. The number of benzene rings is 2.